The highest BCUT2D eigenvalue weighted by Gasteiger charge is 2.16. The van der Waals surface area contributed by atoms with Crippen LogP contribution in [-0.4, -0.2) is 36.2 Å². The summed E-state index contributed by atoms with van der Waals surface area (Å²) in [4.78, 5) is 34.7. The predicted octanol–water partition coefficient (Wildman–Crippen LogP) is 2.08. The predicted molar refractivity (Wildman–Crippen MR) is 78.8 cm³/mol. The fourth-order valence-electron chi connectivity index (χ4n) is 1.83. The summed E-state index contributed by atoms with van der Waals surface area (Å²) < 4.78 is 15.4. The first-order valence-corrected chi connectivity index (χ1v) is 7.30. The Labute approximate surface area is 130 Å². The van der Waals surface area contributed by atoms with Gasteiger partial charge in [-0.05, 0) is 20.8 Å². The molecular formula is C16H22O6. The number of esters is 3. The number of rotatable bonds is 0. The second kappa shape index (κ2) is 9.02. The summed E-state index contributed by atoms with van der Waals surface area (Å²) in [6.07, 6.45) is 5.28. The van der Waals surface area contributed by atoms with Crippen LogP contribution in [0.5, 0.6) is 0 Å². The average Bonchev–Trinajstić information content (AvgIpc) is 2.36. The van der Waals surface area contributed by atoms with Gasteiger partial charge in [0.2, 0.25) is 0 Å². The lowest BCUT2D eigenvalue weighted by atomic mass is 10.2. The fraction of sp³-hybridized carbons (Fsp3) is 0.562. The molecule has 0 aliphatic carbocycles. The topological polar surface area (TPSA) is 78.9 Å². The molecule has 0 radical (unpaired) electrons. The van der Waals surface area contributed by atoms with Gasteiger partial charge in [0.25, 0.3) is 0 Å². The van der Waals surface area contributed by atoms with Crippen molar-refractivity contribution in [2.24, 2.45) is 0 Å². The molecule has 0 aromatic heterocycles. The highest BCUT2D eigenvalue weighted by Crippen LogP contribution is 2.07. The Hall–Kier alpha value is -2.11. The van der Waals surface area contributed by atoms with Crippen molar-refractivity contribution in [3.05, 3.63) is 24.3 Å². The standard InChI is InChI=1S/C16H22O6/c1-11-6-4-9-15(18)22-13(3)10-16(19)21-12(2)7-5-8-14(17)20-11/h4-5,8-9,11-13H,6-7,10H2,1-3H3/b8-5+,9-4+/t11-,12-,13+/m0/s1. The molecule has 0 saturated carbocycles. The smallest absolute Gasteiger partial charge is 0.330 e. The summed E-state index contributed by atoms with van der Waals surface area (Å²) in [6, 6.07) is 0. The van der Waals surface area contributed by atoms with Crippen molar-refractivity contribution in [1.82, 2.24) is 0 Å². The molecule has 1 aliphatic heterocycles. The van der Waals surface area contributed by atoms with Gasteiger partial charge in [0.1, 0.15) is 18.3 Å². The summed E-state index contributed by atoms with van der Waals surface area (Å²) in [7, 11) is 0. The third-order valence-corrected chi connectivity index (χ3v) is 2.87. The Morgan fingerprint density at radius 3 is 1.77 bits per heavy atom. The SMILES string of the molecule is C[C@@H]1CC(=O)O[C@@H](C)C/C=C/C(=O)O[C@@H](C)C/C=C/C(=O)O1. The molecule has 0 amide bonds. The molecule has 1 heterocycles. The number of carbonyl (C=O) groups excluding carboxylic acids is 3. The van der Waals surface area contributed by atoms with Crippen LogP contribution >= 0.6 is 0 Å². The summed E-state index contributed by atoms with van der Waals surface area (Å²) in [6.45, 7) is 5.08. The van der Waals surface area contributed by atoms with Crippen molar-refractivity contribution in [2.45, 2.75) is 58.3 Å². The van der Waals surface area contributed by atoms with Gasteiger partial charge in [-0.2, -0.15) is 0 Å². The van der Waals surface area contributed by atoms with Gasteiger partial charge in [0, 0.05) is 25.0 Å². The van der Waals surface area contributed by atoms with Gasteiger partial charge < -0.3 is 14.2 Å². The molecule has 1 aliphatic rings. The van der Waals surface area contributed by atoms with E-state index in [1.54, 1.807) is 32.9 Å². The number of cyclic esters (lactones) is 3. The Bertz CT molecular complexity index is 465. The molecule has 0 aromatic rings. The number of carbonyl (C=O) groups is 3. The molecular weight excluding hydrogens is 288 g/mol. The minimum Gasteiger partial charge on any atom is -0.462 e. The van der Waals surface area contributed by atoms with E-state index in [2.05, 4.69) is 0 Å². The van der Waals surface area contributed by atoms with Gasteiger partial charge in [0.05, 0.1) is 6.42 Å². The Morgan fingerprint density at radius 1 is 0.773 bits per heavy atom. The second-order valence-electron chi connectivity index (χ2n) is 5.28. The molecule has 0 aromatic carbocycles. The van der Waals surface area contributed by atoms with Crippen molar-refractivity contribution in [2.75, 3.05) is 0 Å². The lowest BCUT2D eigenvalue weighted by molar-refractivity contribution is -0.154. The van der Waals surface area contributed by atoms with E-state index in [1.807, 2.05) is 0 Å². The third kappa shape index (κ3) is 7.61. The minimum atomic E-state index is -0.560. The monoisotopic (exact) mass is 310 g/mol. The van der Waals surface area contributed by atoms with Crippen LogP contribution in [0, 0.1) is 0 Å². The van der Waals surface area contributed by atoms with Crippen LogP contribution in [0.4, 0.5) is 0 Å². The van der Waals surface area contributed by atoms with E-state index in [-0.39, 0.29) is 18.6 Å². The summed E-state index contributed by atoms with van der Waals surface area (Å²) in [5, 5.41) is 0. The van der Waals surface area contributed by atoms with Crippen LogP contribution in [0.25, 0.3) is 0 Å². The molecule has 0 N–H and O–H groups in total. The van der Waals surface area contributed by atoms with Gasteiger partial charge in [0.15, 0.2) is 0 Å². The molecule has 6 nitrogen and oxygen atoms in total. The zero-order valence-corrected chi connectivity index (χ0v) is 13.1. The summed E-state index contributed by atoms with van der Waals surface area (Å²) in [5.41, 5.74) is 0. The number of hydrogen-bond donors (Lipinski definition) is 0. The van der Waals surface area contributed by atoms with E-state index < -0.39 is 24.0 Å². The zero-order chi connectivity index (χ0) is 16.5. The molecule has 0 fully saturated rings. The number of ether oxygens (including phenoxy) is 3. The molecule has 0 unspecified atom stereocenters. The van der Waals surface area contributed by atoms with Gasteiger partial charge in [-0.1, -0.05) is 12.2 Å². The average molecular weight is 310 g/mol. The molecule has 0 bridgehead atoms. The zero-order valence-electron chi connectivity index (χ0n) is 13.1. The second-order valence-corrected chi connectivity index (χ2v) is 5.28. The van der Waals surface area contributed by atoms with Crippen LogP contribution < -0.4 is 0 Å². The largest absolute Gasteiger partial charge is 0.462 e. The summed E-state index contributed by atoms with van der Waals surface area (Å²) in [5.74, 6) is -1.46. The van der Waals surface area contributed by atoms with Crippen LogP contribution in [0.1, 0.15) is 40.0 Å². The van der Waals surface area contributed by atoms with E-state index in [0.717, 1.165) is 0 Å². The van der Waals surface area contributed by atoms with Crippen molar-refractivity contribution in [1.29, 1.82) is 0 Å². The van der Waals surface area contributed by atoms with Gasteiger partial charge in [-0.15, -0.1) is 0 Å². The van der Waals surface area contributed by atoms with Crippen molar-refractivity contribution in [3.8, 4) is 0 Å². The van der Waals surface area contributed by atoms with Crippen molar-refractivity contribution >= 4 is 17.9 Å². The first-order chi connectivity index (χ1) is 10.4. The first-order valence-electron chi connectivity index (χ1n) is 7.30. The maximum atomic E-state index is 11.7. The maximum absolute atomic E-state index is 11.7. The van der Waals surface area contributed by atoms with Gasteiger partial charge in [-0.3, -0.25) is 4.79 Å². The van der Waals surface area contributed by atoms with E-state index in [1.165, 1.54) is 12.2 Å². The van der Waals surface area contributed by atoms with E-state index in [0.29, 0.717) is 12.8 Å². The Balaban J connectivity index is 2.73. The lowest BCUT2D eigenvalue weighted by Crippen LogP contribution is -2.22. The van der Waals surface area contributed by atoms with Gasteiger partial charge >= 0.3 is 17.9 Å². The van der Waals surface area contributed by atoms with Crippen LogP contribution in [0.3, 0.4) is 0 Å². The quantitative estimate of drug-likeness (QED) is 0.503. The number of hydrogen-bond acceptors (Lipinski definition) is 6. The van der Waals surface area contributed by atoms with E-state index >= 15 is 0 Å². The lowest BCUT2D eigenvalue weighted by Gasteiger charge is -2.15. The minimum absolute atomic E-state index is 0.00786. The van der Waals surface area contributed by atoms with Crippen LogP contribution in [0.15, 0.2) is 24.3 Å². The van der Waals surface area contributed by atoms with Crippen molar-refractivity contribution < 1.29 is 28.6 Å². The molecule has 0 saturated heterocycles. The van der Waals surface area contributed by atoms with Crippen molar-refractivity contribution in [3.63, 3.8) is 0 Å². The van der Waals surface area contributed by atoms with Crippen LogP contribution in [-0.2, 0) is 28.6 Å². The van der Waals surface area contributed by atoms with Crippen LogP contribution in [0.2, 0.25) is 0 Å². The fourth-order valence-corrected chi connectivity index (χ4v) is 1.83. The highest BCUT2D eigenvalue weighted by molar-refractivity contribution is 5.83. The molecule has 0 spiro atoms. The Morgan fingerprint density at radius 2 is 1.23 bits per heavy atom. The normalized spacial score (nSPS) is 31.6. The highest BCUT2D eigenvalue weighted by atomic mass is 16.6. The molecule has 6 heteroatoms. The first kappa shape index (κ1) is 17.9. The maximum Gasteiger partial charge on any atom is 0.330 e. The summed E-state index contributed by atoms with van der Waals surface area (Å²) >= 11 is 0. The molecule has 1 rings (SSSR count). The van der Waals surface area contributed by atoms with Gasteiger partial charge in [-0.25, -0.2) is 9.59 Å². The van der Waals surface area contributed by atoms with E-state index in [4.69, 9.17) is 14.2 Å². The molecule has 3 atom stereocenters. The third-order valence-electron chi connectivity index (χ3n) is 2.87. The molecule has 122 valence electrons. The van der Waals surface area contributed by atoms with E-state index in [9.17, 15) is 14.4 Å². The molecule has 22 heavy (non-hydrogen) atoms. The Kier molecular flexibility index (Phi) is 7.36.